The second-order valence-electron chi connectivity index (χ2n) is 4.27. The van der Waals surface area contributed by atoms with Crippen molar-refractivity contribution in [1.29, 1.82) is 0 Å². The van der Waals surface area contributed by atoms with Gasteiger partial charge in [0.15, 0.2) is 0 Å². The summed E-state index contributed by atoms with van der Waals surface area (Å²) in [6, 6.07) is 7.20. The van der Waals surface area contributed by atoms with E-state index >= 15 is 0 Å². The van der Waals surface area contributed by atoms with Gasteiger partial charge in [0.2, 0.25) is 0 Å². The molecule has 0 aliphatic heterocycles. The third-order valence-corrected chi connectivity index (χ3v) is 3.69. The lowest BCUT2D eigenvalue weighted by Gasteiger charge is -2.18. The van der Waals surface area contributed by atoms with Crippen molar-refractivity contribution in [2.45, 2.75) is 6.10 Å². The van der Waals surface area contributed by atoms with Crippen molar-refractivity contribution in [3.05, 3.63) is 57.3 Å². The van der Waals surface area contributed by atoms with Crippen LogP contribution in [0.2, 0.25) is 10.0 Å². The fourth-order valence-corrected chi connectivity index (χ4v) is 2.53. The van der Waals surface area contributed by atoms with Gasteiger partial charge < -0.3 is 14.6 Å². The van der Waals surface area contributed by atoms with Gasteiger partial charge >= 0.3 is 0 Å². The number of hydrogen-bond donors (Lipinski definition) is 1. The number of aliphatic hydroxyl groups is 1. The van der Waals surface area contributed by atoms with E-state index in [-0.39, 0.29) is 26.9 Å². The standard InChI is InChI=1S/C15H13Cl2FO3/c1-20-12-5-3-4-11(18)14(12)15(19)8-6-10(17)13(21-2)7-9(8)16/h3-7,15,19H,1-2H3. The molecule has 0 amide bonds. The van der Waals surface area contributed by atoms with Crippen LogP contribution in [0.15, 0.2) is 30.3 Å². The first-order chi connectivity index (χ1) is 9.99. The van der Waals surface area contributed by atoms with Gasteiger partial charge in [-0.05, 0) is 18.2 Å². The van der Waals surface area contributed by atoms with Crippen LogP contribution < -0.4 is 9.47 Å². The summed E-state index contributed by atoms with van der Waals surface area (Å²) in [6.45, 7) is 0. The van der Waals surface area contributed by atoms with Gasteiger partial charge in [-0.15, -0.1) is 0 Å². The van der Waals surface area contributed by atoms with E-state index in [0.29, 0.717) is 5.75 Å². The molecule has 0 saturated heterocycles. The smallest absolute Gasteiger partial charge is 0.138 e. The molecule has 0 aliphatic rings. The van der Waals surface area contributed by atoms with Crippen LogP contribution in [0.4, 0.5) is 4.39 Å². The Kier molecular flexibility index (Phi) is 4.93. The maximum absolute atomic E-state index is 14.0. The largest absolute Gasteiger partial charge is 0.496 e. The molecule has 21 heavy (non-hydrogen) atoms. The van der Waals surface area contributed by atoms with E-state index in [0.717, 1.165) is 0 Å². The van der Waals surface area contributed by atoms with Crippen LogP contribution >= 0.6 is 23.2 Å². The summed E-state index contributed by atoms with van der Waals surface area (Å²) in [5, 5.41) is 10.9. The van der Waals surface area contributed by atoms with Crippen LogP contribution in [0.5, 0.6) is 11.5 Å². The highest BCUT2D eigenvalue weighted by Crippen LogP contribution is 2.39. The van der Waals surface area contributed by atoms with E-state index < -0.39 is 11.9 Å². The molecular weight excluding hydrogens is 318 g/mol. The number of aliphatic hydroxyl groups excluding tert-OH is 1. The van der Waals surface area contributed by atoms with Crippen molar-refractivity contribution in [1.82, 2.24) is 0 Å². The number of hydrogen-bond acceptors (Lipinski definition) is 3. The summed E-state index contributed by atoms with van der Waals surface area (Å²) in [5.74, 6) is 0.00785. The highest BCUT2D eigenvalue weighted by molar-refractivity contribution is 6.34. The first-order valence-corrected chi connectivity index (χ1v) is 6.78. The SMILES string of the molecule is COc1cc(Cl)c(C(O)c2c(F)cccc2OC)cc1Cl. The highest BCUT2D eigenvalue weighted by Gasteiger charge is 2.23. The number of benzene rings is 2. The van der Waals surface area contributed by atoms with Crippen molar-refractivity contribution >= 4 is 23.2 Å². The average Bonchev–Trinajstić information content (AvgIpc) is 2.48. The molecule has 2 rings (SSSR count). The zero-order valence-corrected chi connectivity index (χ0v) is 12.9. The van der Waals surface area contributed by atoms with Crippen LogP contribution in [0, 0.1) is 5.82 Å². The Bertz CT molecular complexity index is 662. The lowest BCUT2D eigenvalue weighted by atomic mass is 9.99. The Balaban J connectivity index is 2.55. The molecule has 0 aromatic heterocycles. The molecule has 6 heteroatoms. The molecule has 2 aromatic rings. The fraction of sp³-hybridized carbons (Fsp3) is 0.200. The summed E-state index contributed by atoms with van der Waals surface area (Å²) in [6.07, 6.45) is -1.31. The molecule has 1 N–H and O–H groups in total. The average molecular weight is 331 g/mol. The Labute approximate surface area is 131 Å². The molecule has 0 fully saturated rings. The lowest BCUT2D eigenvalue weighted by molar-refractivity contribution is 0.209. The molecule has 0 radical (unpaired) electrons. The zero-order chi connectivity index (χ0) is 15.6. The summed E-state index contributed by atoms with van der Waals surface area (Å²) >= 11 is 12.1. The molecule has 0 spiro atoms. The van der Waals surface area contributed by atoms with Crippen molar-refractivity contribution in [3.8, 4) is 11.5 Å². The third kappa shape index (κ3) is 3.07. The molecule has 0 heterocycles. The maximum Gasteiger partial charge on any atom is 0.138 e. The molecule has 112 valence electrons. The monoisotopic (exact) mass is 330 g/mol. The summed E-state index contributed by atoms with van der Waals surface area (Å²) < 4.78 is 24.1. The zero-order valence-electron chi connectivity index (χ0n) is 11.4. The van der Waals surface area contributed by atoms with Gasteiger partial charge in [0.1, 0.15) is 23.4 Å². The summed E-state index contributed by atoms with van der Waals surface area (Å²) in [4.78, 5) is 0. The fourth-order valence-electron chi connectivity index (χ4n) is 2.03. The Morgan fingerprint density at radius 1 is 1.05 bits per heavy atom. The van der Waals surface area contributed by atoms with Gasteiger partial charge in [-0.2, -0.15) is 0 Å². The lowest BCUT2D eigenvalue weighted by Crippen LogP contribution is -2.06. The quantitative estimate of drug-likeness (QED) is 0.911. The molecule has 0 saturated carbocycles. The molecule has 2 aromatic carbocycles. The number of methoxy groups -OCH3 is 2. The molecule has 1 atom stereocenters. The Morgan fingerprint density at radius 3 is 2.33 bits per heavy atom. The minimum absolute atomic E-state index is 0.00290. The Morgan fingerprint density at radius 2 is 1.71 bits per heavy atom. The minimum Gasteiger partial charge on any atom is -0.496 e. The van der Waals surface area contributed by atoms with E-state index in [9.17, 15) is 9.50 Å². The van der Waals surface area contributed by atoms with Crippen LogP contribution in [-0.2, 0) is 0 Å². The van der Waals surface area contributed by atoms with E-state index in [1.807, 2.05) is 0 Å². The molecular formula is C15H13Cl2FO3. The van der Waals surface area contributed by atoms with Gasteiger partial charge in [0.05, 0.1) is 29.8 Å². The third-order valence-electron chi connectivity index (χ3n) is 3.07. The topological polar surface area (TPSA) is 38.7 Å². The normalized spacial score (nSPS) is 12.1. The first-order valence-electron chi connectivity index (χ1n) is 6.03. The second-order valence-corrected chi connectivity index (χ2v) is 5.08. The molecule has 1 unspecified atom stereocenters. The number of ether oxygens (including phenoxy) is 2. The van der Waals surface area contributed by atoms with Crippen LogP contribution in [0.3, 0.4) is 0 Å². The van der Waals surface area contributed by atoms with E-state index in [2.05, 4.69) is 0 Å². The van der Waals surface area contributed by atoms with E-state index in [4.69, 9.17) is 32.7 Å². The summed E-state index contributed by atoms with van der Waals surface area (Å²) in [5.41, 5.74) is 0.272. The van der Waals surface area contributed by atoms with Gasteiger partial charge in [0.25, 0.3) is 0 Å². The molecule has 0 bridgehead atoms. The Hall–Kier alpha value is -1.49. The number of halogens is 3. The van der Waals surface area contributed by atoms with Gasteiger partial charge in [-0.25, -0.2) is 4.39 Å². The number of rotatable bonds is 4. The van der Waals surface area contributed by atoms with Crippen molar-refractivity contribution in [2.24, 2.45) is 0 Å². The minimum atomic E-state index is -1.31. The van der Waals surface area contributed by atoms with Gasteiger partial charge in [-0.1, -0.05) is 29.3 Å². The second kappa shape index (κ2) is 6.52. The maximum atomic E-state index is 14.0. The van der Waals surface area contributed by atoms with Crippen LogP contribution in [-0.4, -0.2) is 19.3 Å². The van der Waals surface area contributed by atoms with Crippen LogP contribution in [0.1, 0.15) is 17.2 Å². The van der Waals surface area contributed by atoms with Gasteiger partial charge in [0, 0.05) is 11.6 Å². The predicted octanol–water partition coefficient (Wildman–Crippen LogP) is 4.23. The first kappa shape index (κ1) is 15.9. The van der Waals surface area contributed by atoms with E-state index in [1.165, 1.54) is 38.5 Å². The van der Waals surface area contributed by atoms with Crippen molar-refractivity contribution < 1.29 is 19.0 Å². The highest BCUT2D eigenvalue weighted by atomic mass is 35.5. The predicted molar refractivity (Wildman–Crippen MR) is 80.0 cm³/mol. The molecule has 3 nitrogen and oxygen atoms in total. The molecule has 0 aliphatic carbocycles. The summed E-state index contributed by atoms with van der Waals surface area (Å²) in [7, 11) is 2.85. The van der Waals surface area contributed by atoms with Crippen LogP contribution in [0.25, 0.3) is 0 Å². The van der Waals surface area contributed by atoms with Crippen molar-refractivity contribution in [2.75, 3.05) is 14.2 Å². The van der Waals surface area contributed by atoms with Gasteiger partial charge in [-0.3, -0.25) is 0 Å². The van der Waals surface area contributed by atoms with Crippen molar-refractivity contribution in [3.63, 3.8) is 0 Å². The van der Waals surface area contributed by atoms with E-state index in [1.54, 1.807) is 6.07 Å².